The molecule has 0 spiro atoms. The first kappa shape index (κ1) is 14.8. The monoisotopic (exact) mass is 401 g/mol. The number of hydrogen-bond donors (Lipinski definition) is 0. The van der Waals surface area contributed by atoms with E-state index in [0.29, 0.717) is 5.92 Å². The van der Waals surface area contributed by atoms with E-state index in [-0.39, 0.29) is 6.61 Å². The number of pyridine rings is 1. The Labute approximate surface area is 135 Å². The predicted molar refractivity (Wildman–Crippen MR) is 85.4 cm³/mol. The zero-order valence-electron chi connectivity index (χ0n) is 11.2. The molecule has 0 saturated heterocycles. The zero-order valence-corrected chi connectivity index (χ0v) is 13.4. The number of halogens is 3. The molecule has 1 heterocycles. The highest BCUT2D eigenvalue weighted by molar-refractivity contribution is 14.1. The minimum atomic E-state index is -3.15. The Morgan fingerprint density at radius 3 is 2.57 bits per heavy atom. The van der Waals surface area contributed by atoms with E-state index in [9.17, 15) is 8.78 Å². The first-order valence-electron chi connectivity index (χ1n) is 6.78. The molecule has 2 nitrogen and oxygen atoms in total. The van der Waals surface area contributed by atoms with Crippen LogP contribution in [0.4, 0.5) is 8.78 Å². The summed E-state index contributed by atoms with van der Waals surface area (Å²) in [6, 6.07) is 11.4. The smallest absolute Gasteiger partial charge is 0.307 e. The molecule has 0 atom stereocenters. The Hall–Kier alpha value is -1.08. The molecule has 1 aromatic carbocycles. The van der Waals surface area contributed by atoms with Crippen LogP contribution in [0, 0.1) is 0 Å². The van der Waals surface area contributed by atoms with E-state index in [2.05, 4.69) is 9.72 Å². The summed E-state index contributed by atoms with van der Waals surface area (Å²) >= 11 is 0.980. The molecule has 0 unspecified atom stereocenters. The average Bonchev–Trinajstić information content (AvgIpc) is 3.30. The predicted octanol–water partition coefficient (Wildman–Crippen LogP) is 5.13. The summed E-state index contributed by atoms with van der Waals surface area (Å²) in [6.07, 6.45) is 4.23. The average molecular weight is 401 g/mol. The maximum Gasteiger partial charge on any atom is 0.408 e. The Kier molecular flexibility index (Phi) is 4.21. The van der Waals surface area contributed by atoms with Crippen molar-refractivity contribution in [1.82, 2.24) is 4.98 Å². The third-order valence-electron chi connectivity index (χ3n) is 3.50. The van der Waals surface area contributed by atoms with Gasteiger partial charge in [0.15, 0.2) is 0 Å². The van der Waals surface area contributed by atoms with Crippen molar-refractivity contribution in [3.05, 3.63) is 53.9 Å². The second kappa shape index (κ2) is 5.96. The van der Waals surface area contributed by atoms with Crippen LogP contribution in [-0.4, -0.2) is 9.10 Å². The largest absolute Gasteiger partial charge is 0.408 e. The number of alkyl halides is 3. The molecule has 21 heavy (non-hydrogen) atoms. The van der Waals surface area contributed by atoms with Crippen LogP contribution in [0.3, 0.4) is 0 Å². The molecule has 1 aliphatic carbocycles. The second-order valence-electron chi connectivity index (χ2n) is 5.14. The molecule has 1 aromatic heterocycles. The van der Waals surface area contributed by atoms with Crippen LogP contribution in [-0.2, 0) is 11.3 Å². The lowest BCUT2D eigenvalue weighted by Gasteiger charge is -2.13. The lowest BCUT2D eigenvalue weighted by molar-refractivity contribution is -0.154. The van der Waals surface area contributed by atoms with Crippen molar-refractivity contribution in [2.45, 2.75) is 29.5 Å². The van der Waals surface area contributed by atoms with Crippen LogP contribution >= 0.6 is 22.6 Å². The first-order valence-corrected chi connectivity index (χ1v) is 7.86. The maximum absolute atomic E-state index is 12.8. The minimum absolute atomic E-state index is 0.128. The number of ether oxygens (including phenoxy) is 1. The van der Waals surface area contributed by atoms with E-state index in [4.69, 9.17) is 0 Å². The quantitative estimate of drug-likeness (QED) is 0.512. The van der Waals surface area contributed by atoms with Gasteiger partial charge in [-0.15, -0.1) is 0 Å². The van der Waals surface area contributed by atoms with Gasteiger partial charge >= 0.3 is 4.12 Å². The third kappa shape index (κ3) is 3.97. The van der Waals surface area contributed by atoms with Crippen LogP contribution < -0.4 is 0 Å². The Balaban J connectivity index is 1.83. The van der Waals surface area contributed by atoms with Crippen molar-refractivity contribution in [2.75, 3.05) is 0 Å². The van der Waals surface area contributed by atoms with Gasteiger partial charge < -0.3 is 4.74 Å². The van der Waals surface area contributed by atoms with E-state index in [1.165, 1.54) is 12.8 Å². The van der Waals surface area contributed by atoms with Crippen molar-refractivity contribution in [3.8, 4) is 11.1 Å². The highest BCUT2D eigenvalue weighted by atomic mass is 127. The van der Waals surface area contributed by atoms with E-state index in [1.54, 1.807) is 6.07 Å². The van der Waals surface area contributed by atoms with Crippen molar-refractivity contribution >= 4 is 22.6 Å². The highest BCUT2D eigenvalue weighted by Crippen LogP contribution is 2.39. The molecule has 3 rings (SSSR count). The summed E-state index contributed by atoms with van der Waals surface area (Å²) in [4.78, 5) is 4.48. The van der Waals surface area contributed by atoms with Gasteiger partial charge in [0, 0.05) is 46.0 Å². The van der Waals surface area contributed by atoms with Gasteiger partial charge in [-0.1, -0.05) is 30.3 Å². The molecular weight excluding hydrogens is 387 g/mol. The second-order valence-corrected chi connectivity index (χ2v) is 6.39. The van der Waals surface area contributed by atoms with Crippen LogP contribution in [0.25, 0.3) is 11.1 Å². The fourth-order valence-corrected chi connectivity index (χ4v) is 2.43. The van der Waals surface area contributed by atoms with Crippen LogP contribution in [0.15, 0.2) is 42.6 Å². The van der Waals surface area contributed by atoms with E-state index in [1.807, 2.05) is 36.5 Å². The summed E-state index contributed by atoms with van der Waals surface area (Å²) in [7, 11) is 0. The summed E-state index contributed by atoms with van der Waals surface area (Å²) in [6.45, 7) is -0.128. The van der Waals surface area contributed by atoms with Crippen LogP contribution in [0.2, 0.25) is 0 Å². The molecule has 2 aromatic rings. The molecule has 110 valence electrons. The van der Waals surface area contributed by atoms with Gasteiger partial charge in [0.1, 0.15) is 0 Å². The SMILES string of the molecule is FC(F)(I)OCc1ccccc1-c1ccc(C2CC2)nc1. The lowest BCUT2D eigenvalue weighted by Crippen LogP contribution is -2.11. The van der Waals surface area contributed by atoms with Crippen molar-refractivity contribution in [1.29, 1.82) is 0 Å². The molecule has 0 aliphatic heterocycles. The highest BCUT2D eigenvalue weighted by Gasteiger charge is 2.26. The standard InChI is InChI=1S/C16H14F2INO/c17-16(18,19)21-10-13-3-1-2-4-14(13)12-7-8-15(20-9-12)11-5-6-11/h1-4,7-9,11H,5-6,10H2. The molecule has 0 radical (unpaired) electrons. The molecule has 1 fully saturated rings. The van der Waals surface area contributed by atoms with E-state index >= 15 is 0 Å². The summed E-state index contributed by atoms with van der Waals surface area (Å²) in [5.41, 5.74) is 3.66. The van der Waals surface area contributed by atoms with Gasteiger partial charge in [-0.05, 0) is 30.0 Å². The van der Waals surface area contributed by atoms with Crippen LogP contribution in [0.5, 0.6) is 0 Å². The van der Waals surface area contributed by atoms with Gasteiger partial charge in [-0.3, -0.25) is 4.98 Å². The molecule has 1 aliphatic rings. The molecular formula is C16H14F2INO. The van der Waals surface area contributed by atoms with Gasteiger partial charge in [0.2, 0.25) is 0 Å². The van der Waals surface area contributed by atoms with Crippen LogP contribution in [0.1, 0.15) is 30.0 Å². The van der Waals surface area contributed by atoms with Crippen molar-refractivity contribution in [3.63, 3.8) is 0 Å². The molecule has 0 bridgehead atoms. The Bertz CT molecular complexity index is 621. The number of hydrogen-bond acceptors (Lipinski definition) is 2. The normalized spacial score (nSPS) is 15.2. The summed E-state index contributed by atoms with van der Waals surface area (Å²) in [5, 5.41) is 0. The molecule has 0 N–H and O–H groups in total. The molecule has 0 amide bonds. The Morgan fingerprint density at radius 1 is 1.19 bits per heavy atom. The summed E-state index contributed by atoms with van der Waals surface area (Å²) < 4.78 is 27.1. The fraction of sp³-hybridized carbons (Fsp3) is 0.312. The van der Waals surface area contributed by atoms with Gasteiger partial charge in [0.25, 0.3) is 0 Å². The number of rotatable bonds is 5. The topological polar surface area (TPSA) is 22.1 Å². The summed E-state index contributed by atoms with van der Waals surface area (Å²) in [5.74, 6) is 0.607. The van der Waals surface area contributed by atoms with Crippen molar-refractivity contribution < 1.29 is 13.5 Å². The third-order valence-corrected chi connectivity index (χ3v) is 3.81. The number of benzene rings is 1. The van der Waals surface area contributed by atoms with Crippen molar-refractivity contribution in [2.24, 2.45) is 0 Å². The van der Waals surface area contributed by atoms with Gasteiger partial charge in [-0.25, -0.2) is 0 Å². The van der Waals surface area contributed by atoms with E-state index < -0.39 is 4.12 Å². The molecule has 1 saturated carbocycles. The zero-order chi connectivity index (χ0) is 14.9. The van der Waals surface area contributed by atoms with Gasteiger partial charge in [-0.2, -0.15) is 8.78 Å². The number of nitrogens with zero attached hydrogens (tertiary/aromatic N) is 1. The first-order chi connectivity index (χ1) is 10.0. The molecule has 5 heteroatoms. The van der Waals surface area contributed by atoms with E-state index in [0.717, 1.165) is 45.0 Å². The Morgan fingerprint density at radius 2 is 1.95 bits per heavy atom. The lowest BCUT2D eigenvalue weighted by atomic mass is 10.0. The van der Waals surface area contributed by atoms with Gasteiger partial charge in [0.05, 0.1) is 6.61 Å². The maximum atomic E-state index is 12.8. The number of aromatic nitrogens is 1. The fourth-order valence-electron chi connectivity index (χ4n) is 2.27. The minimum Gasteiger partial charge on any atom is -0.307 e.